The van der Waals surface area contributed by atoms with Crippen molar-refractivity contribution in [1.29, 1.82) is 0 Å². The minimum absolute atomic E-state index is 0.254. The van der Waals surface area contributed by atoms with Crippen LogP contribution in [0.25, 0.3) is 33.0 Å². The summed E-state index contributed by atoms with van der Waals surface area (Å²) in [7, 11) is 1.92. The van der Waals surface area contributed by atoms with Gasteiger partial charge < -0.3 is 29.8 Å². The zero-order valence-electron chi connectivity index (χ0n) is 22.3. The van der Waals surface area contributed by atoms with E-state index < -0.39 is 36.3 Å². The van der Waals surface area contributed by atoms with E-state index >= 15 is 0 Å². The second kappa shape index (κ2) is 11.1. The van der Waals surface area contributed by atoms with Gasteiger partial charge in [0, 0.05) is 66.2 Å². The number of rotatable bonds is 4. The van der Waals surface area contributed by atoms with Crippen molar-refractivity contribution in [3.8, 4) is 0 Å². The number of hydrogen-bond donors (Lipinski definition) is 4. The normalized spacial score (nSPS) is 21.0. The maximum Gasteiger partial charge on any atom is 0.490 e. The molecule has 2 aromatic carbocycles. The number of ether oxygens (including phenoxy) is 1. The van der Waals surface area contributed by atoms with Crippen LogP contribution in [0.1, 0.15) is 30.2 Å². The lowest BCUT2D eigenvalue weighted by atomic mass is 9.95. The highest BCUT2D eigenvalue weighted by Crippen LogP contribution is 2.40. The molecular weight excluding hydrogens is 557 g/mol. The lowest BCUT2D eigenvalue weighted by molar-refractivity contribution is -0.192. The molecular formula is C29H27F3N4O6. The average molecular weight is 585 g/mol. The van der Waals surface area contributed by atoms with Crippen LogP contribution >= 0.6 is 0 Å². The predicted molar refractivity (Wildman–Crippen MR) is 147 cm³/mol. The van der Waals surface area contributed by atoms with E-state index in [1.165, 1.54) is 0 Å². The van der Waals surface area contributed by atoms with E-state index in [4.69, 9.17) is 20.4 Å². The van der Waals surface area contributed by atoms with Crippen LogP contribution in [-0.2, 0) is 26.2 Å². The molecule has 13 heteroatoms. The number of hydrogen-bond acceptors (Lipinski definition) is 6. The largest absolute Gasteiger partial charge is 0.490 e. The van der Waals surface area contributed by atoms with E-state index in [0.717, 1.165) is 21.8 Å². The Bertz CT molecular complexity index is 1740. The number of aromatic nitrogens is 2. The van der Waals surface area contributed by atoms with Gasteiger partial charge in [0.1, 0.15) is 6.23 Å². The number of aliphatic hydroxyl groups excluding tert-OH is 1. The number of alkyl halides is 3. The maximum absolute atomic E-state index is 13.2. The minimum atomic E-state index is -5.08. The number of imide groups is 1. The van der Waals surface area contributed by atoms with Crippen LogP contribution in [0, 0.1) is 0 Å². The lowest BCUT2D eigenvalue weighted by Crippen LogP contribution is -2.37. The van der Waals surface area contributed by atoms with Gasteiger partial charge in [-0.15, -0.1) is 0 Å². The number of fused-ring (bicyclic) bond motifs is 2. The number of carboxylic acids is 1. The predicted octanol–water partition coefficient (Wildman–Crippen LogP) is 3.33. The summed E-state index contributed by atoms with van der Waals surface area (Å²) in [5.41, 5.74) is 9.74. The van der Waals surface area contributed by atoms with Crippen LogP contribution in [0.4, 0.5) is 13.2 Å². The van der Waals surface area contributed by atoms with Crippen molar-refractivity contribution in [2.45, 2.75) is 37.5 Å². The molecule has 1 saturated heterocycles. The summed E-state index contributed by atoms with van der Waals surface area (Å²) in [6, 6.07) is 15.5. The number of nitrogens with zero attached hydrogens (tertiary/aromatic N) is 2. The number of aliphatic hydroxyl groups is 1. The summed E-state index contributed by atoms with van der Waals surface area (Å²) in [6.45, 7) is 0.312. The van der Waals surface area contributed by atoms with Gasteiger partial charge in [-0.25, -0.2) is 4.79 Å². The summed E-state index contributed by atoms with van der Waals surface area (Å²) < 4.78 is 41.8. The second-order valence-corrected chi connectivity index (χ2v) is 10.0. The molecule has 0 saturated carbocycles. The zero-order chi connectivity index (χ0) is 30.3. The van der Waals surface area contributed by atoms with Gasteiger partial charge in [0.15, 0.2) is 0 Å². The molecule has 2 amide bonds. The number of carboxylic acid groups (broad SMARTS) is 1. The number of carbonyl (C=O) groups excluding carboxylic acids is 2. The molecule has 2 aliphatic rings. The standard InChI is InChI=1S/C27H26N4O4.C2HF3O2/c1-30-13-19(17-6-2-4-8-21(17)30)24-25(27(34)29-26(24)33)20-14-31(22-9-5-3-7-18(20)22)23-11-15(32)10-16(12-28)35-23;3-2(4,5)1(6)7/h2-9,13-16,23,32H,10-12,28H2,1H3,(H,29,33,34);(H,6,7)/t15-,16-,23+;/m0./s1. The molecule has 0 bridgehead atoms. The molecule has 0 unspecified atom stereocenters. The van der Waals surface area contributed by atoms with Gasteiger partial charge in [0.25, 0.3) is 11.8 Å². The van der Waals surface area contributed by atoms with Crippen molar-refractivity contribution in [2.24, 2.45) is 12.8 Å². The zero-order valence-corrected chi connectivity index (χ0v) is 22.3. The number of carbonyl (C=O) groups is 3. The summed E-state index contributed by atoms with van der Waals surface area (Å²) in [6.07, 6.45) is -1.65. The van der Waals surface area contributed by atoms with Crippen LogP contribution < -0.4 is 11.1 Å². The molecule has 0 aliphatic carbocycles. The van der Waals surface area contributed by atoms with E-state index in [1.54, 1.807) is 0 Å². The van der Waals surface area contributed by atoms with Crippen molar-refractivity contribution in [3.05, 3.63) is 72.1 Å². The van der Waals surface area contributed by atoms with E-state index in [-0.39, 0.29) is 6.10 Å². The summed E-state index contributed by atoms with van der Waals surface area (Å²) in [4.78, 5) is 35.2. The van der Waals surface area contributed by atoms with Gasteiger partial charge in [-0.3, -0.25) is 14.9 Å². The highest BCUT2D eigenvalue weighted by Gasteiger charge is 2.38. The first-order chi connectivity index (χ1) is 19.9. The lowest BCUT2D eigenvalue weighted by Gasteiger charge is -2.33. The Morgan fingerprint density at radius 2 is 1.50 bits per heavy atom. The molecule has 4 heterocycles. The minimum Gasteiger partial charge on any atom is -0.475 e. The molecule has 5 N–H and O–H groups in total. The highest BCUT2D eigenvalue weighted by molar-refractivity contribution is 6.50. The summed E-state index contributed by atoms with van der Waals surface area (Å²) >= 11 is 0. The first-order valence-electron chi connectivity index (χ1n) is 13.0. The van der Waals surface area contributed by atoms with E-state index in [1.807, 2.05) is 77.1 Å². The molecule has 10 nitrogen and oxygen atoms in total. The van der Waals surface area contributed by atoms with Gasteiger partial charge in [-0.05, 0) is 12.1 Å². The van der Waals surface area contributed by atoms with Gasteiger partial charge in [-0.1, -0.05) is 36.4 Å². The average Bonchev–Trinajstić information content (AvgIpc) is 3.58. The first kappa shape index (κ1) is 29.0. The second-order valence-electron chi connectivity index (χ2n) is 10.0. The van der Waals surface area contributed by atoms with E-state index in [9.17, 15) is 27.9 Å². The van der Waals surface area contributed by atoms with Gasteiger partial charge in [0.05, 0.1) is 28.9 Å². The van der Waals surface area contributed by atoms with Crippen molar-refractivity contribution < 1.29 is 42.5 Å². The van der Waals surface area contributed by atoms with E-state index in [2.05, 4.69) is 5.32 Å². The molecule has 0 radical (unpaired) electrons. The Hall–Kier alpha value is -4.46. The van der Waals surface area contributed by atoms with Crippen LogP contribution in [0.3, 0.4) is 0 Å². The van der Waals surface area contributed by atoms with Crippen LogP contribution in [0.2, 0.25) is 0 Å². The fourth-order valence-corrected chi connectivity index (χ4v) is 5.45. The number of nitrogens with two attached hydrogens (primary N) is 1. The van der Waals surface area contributed by atoms with Crippen molar-refractivity contribution in [3.63, 3.8) is 0 Å². The third-order valence-corrected chi connectivity index (χ3v) is 7.28. The number of halogens is 3. The van der Waals surface area contributed by atoms with Crippen LogP contribution in [0.5, 0.6) is 0 Å². The monoisotopic (exact) mass is 584 g/mol. The van der Waals surface area contributed by atoms with Crippen LogP contribution in [0.15, 0.2) is 60.9 Å². The number of benzene rings is 2. The third kappa shape index (κ3) is 5.29. The van der Waals surface area contributed by atoms with Crippen LogP contribution in [-0.4, -0.2) is 62.1 Å². The SMILES string of the molecule is Cn1cc(C2=C(c3cn([C@H]4C[C@@H](O)C[C@@H](CN)O4)c4ccccc34)C(=O)NC2=O)c2ccccc21.O=C(O)C(F)(F)F. The molecule has 4 aromatic rings. The third-order valence-electron chi connectivity index (χ3n) is 7.28. The van der Waals surface area contributed by atoms with Gasteiger partial charge in [0.2, 0.25) is 0 Å². The number of nitrogens with one attached hydrogen (secondary N) is 1. The molecule has 42 heavy (non-hydrogen) atoms. The molecule has 220 valence electrons. The Balaban J connectivity index is 0.000000451. The highest BCUT2D eigenvalue weighted by atomic mass is 19.4. The van der Waals surface area contributed by atoms with Crippen molar-refractivity contribution in [1.82, 2.24) is 14.5 Å². The number of aliphatic carboxylic acids is 1. The quantitative estimate of drug-likeness (QED) is 0.269. The fourth-order valence-electron chi connectivity index (χ4n) is 5.45. The molecule has 2 aromatic heterocycles. The molecule has 6 rings (SSSR count). The smallest absolute Gasteiger partial charge is 0.475 e. The number of amides is 2. The van der Waals surface area contributed by atoms with Crippen molar-refractivity contribution in [2.75, 3.05) is 6.54 Å². The molecule has 1 fully saturated rings. The van der Waals surface area contributed by atoms with Gasteiger partial charge in [-0.2, -0.15) is 13.2 Å². The molecule has 2 aliphatic heterocycles. The number of para-hydroxylation sites is 2. The van der Waals surface area contributed by atoms with Crippen molar-refractivity contribution >= 4 is 50.7 Å². The van der Waals surface area contributed by atoms with Gasteiger partial charge >= 0.3 is 12.1 Å². The Kier molecular flexibility index (Phi) is 7.66. The molecule has 0 spiro atoms. The number of aryl methyl sites for hydroxylation is 1. The Labute approximate surface area is 236 Å². The van der Waals surface area contributed by atoms with E-state index in [0.29, 0.717) is 41.7 Å². The molecule has 3 atom stereocenters. The summed E-state index contributed by atoms with van der Waals surface area (Å²) in [5.74, 6) is -3.59. The summed E-state index contributed by atoms with van der Waals surface area (Å²) in [5, 5.41) is 21.8. The Morgan fingerprint density at radius 1 is 0.976 bits per heavy atom. The topological polar surface area (TPSA) is 149 Å². The fraction of sp³-hybridized carbons (Fsp3) is 0.276. The first-order valence-corrected chi connectivity index (χ1v) is 13.0. The Morgan fingerprint density at radius 3 is 2.07 bits per heavy atom. The maximum atomic E-state index is 13.2.